The van der Waals surface area contributed by atoms with E-state index in [1.165, 1.54) is 0 Å². The lowest BCUT2D eigenvalue weighted by atomic mass is 9.97. The quantitative estimate of drug-likeness (QED) is 0.807. The van der Waals surface area contributed by atoms with Crippen molar-refractivity contribution in [2.45, 2.75) is 64.1 Å². The van der Waals surface area contributed by atoms with E-state index in [0.717, 1.165) is 25.7 Å². The molecule has 3 rings (SSSR count). The first kappa shape index (κ1) is 20.2. The largest absolute Gasteiger partial charge is 0.484 e. The molecule has 2 aliphatic heterocycles. The van der Waals surface area contributed by atoms with Gasteiger partial charge >= 0.3 is 0 Å². The maximum Gasteiger partial charge on any atom is 0.260 e. The van der Waals surface area contributed by atoms with Crippen LogP contribution in [0.15, 0.2) is 24.3 Å². The maximum absolute atomic E-state index is 12.5. The van der Waals surface area contributed by atoms with Crippen LogP contribution in [0.5, 0.6) is 5.75 Å². The molecule has 0 aliphatic carbocycles. The van der Waals surface area contributed by atoms with E-state index < -0.39 is 6.04 Å². The molecule has 2 aliphatic rings. The summed E-state index contributed by atoms with van der Waals surface area (Å²) in [6.45, 7) is 4.80. The van der Waals surface area contributed by atoms with E-state index in [1.807, 2.05) is 4.90 Å². The topological polar surface area (TPSA) is 87.7 Å². The molecule has 3 unspecified atom stereocenters. The molecule has 152 valence electrons. The first-order valence-electron chi connectivity index (χ1n) is 10.1. The van der Waals surface area contributed by atoms with Crippen LogP contribution in [0.25, 0.3) is 0 Å². The van der Waals surface area contributed by atoms with Crippen LogP contribution in [-0.4, -0.2) is 53.9 Å². The van der Waals surface area contributed by atoms with E-state index in [0.29, 0.717) is 24.3 Å². The number of piperidine rings is 2. The van der Waals surface area contributed by atoms with Gasteiger partial charge in [-0.25, -0.2) is 0 Å². The number of carbonyl (C=O) groups excluding carboxylic acids is 3. The Morgan fingerprint density at radius 1 is 1.11 bits per heavy atom. The molecule has 0 radical (unpaired) electrons. The molecular weight excluding hydrogens is 358 g/mol. The Hall–Kier alpha value is -2.57. The summed E-state index contributed by atoms with van der Waals surface area (Å²) in [7, 11) is 0. The van der Waals surface area contributed by atoms with Crippen LogP contribution in [0.2, 0.25) is 0 Å². The van der Waals surface area contributed by atoms with Crippen molar-refractivity contribution < 1.29 is 19.1 Å². The predicted molar refractivity (Wildman–Crippen MR) is 105 cm³/mol. The molecule has 1 aromatic carbocycles. The van der Waals surface area contributed by atoms with Gasteiger partial charge in [0.1, 0.15) is 11.8 Å². The Morgan fingerprint density at radius 3 is 2.43 bits per heavy atom. The highest BCUT2D eigenvalue weighted by Crippen LogP contribution is 2.23. The molecule has 7 heteroatoms. The minimum Gasteiger partial charge on any atom is -0.484 e. The summed E-state index contributed by atoms with van der Waals surface area (Å²) in [5.41, 5.74) is 0.454. The van der Waals surface area contributed by atoms with E-state index in [9.17, 15) is 14.4 Å². The number of hydrogen-bond acceptors (Lipinski definition) is 4. The summed E-state index contributed by atoms with van der Waals surface area (Å²) >= 11 is 0. The average molecular weight is 387 g/mol. The lowest BCUT2D eigenvalue weighted by Gasteiger charge is -2.38. The van der Waals surface area contributed by atoms with Gasteiger partial charge in [0.05, 0.1) is 0 Å². The molecule has 0 saturated carbocycles. The Morgan fingerprint density at radius 2 is 1.79 bits per heavy atom. The summed E-state index contributed by atoms with van der Waals surface area (Å²) in [5.74, 6) is 0.0994. The molecule has 0 aromatic heterocycles. The molecule has 2 heterocycles. The molecule has 1 aromatic rings. The number of amides is 3. The maximum atomic E-state index is 12.5. The Balaban J connectivity index is 1.52. The normalized spacial score (nSPS) is 25.0. The van der Waals surface area contributed by atoms with Crippen LogP contribution in [0, 0.1) is 0 Å². The zero-order chi connectivity index (χ0) is 20.1. The van der Waals surface area contributed by atoms with Gasteiger partial charge in [-0.2, -0.15) is 0 Å². The van der Waals surface area contributed by atoms with Crippen molar-refractivity contribution in [3.8, 4) is 5.75 Å². The lowest BCUT2D eigenvalue weighted by Crippen LogP contribution is -2.50. The summed E-state index contributed by atoms with van der Waals surface area (Å²) in [5, 5.41) is 5.50. The lowest BCUT2D eigenvalue weighted by molar-refractivity contribution is -0.139. The van der Waals surface area contributed by atoms with Gasteiger partial charge in [-0.15, -0.1) is 0 Å². The molecule has 28 heavy (non-hydrogen) atoms. The van der Waals surface area contributed by atoms with Gasteiger partial charge < -0.3 is 20.3 Å². The number of hydrogen-bond donors (Lipinski definition) is 2. The Kier molecular flexibility index (Phi) is 6.54. The zero-order valence-electron chi connectivity index (χ0n) is 16.6. The molecule has 2 saturated heterocycles. The smallest absolute Gasteiger partial charge is 0.260 e. The highest BCUT2D eigenvalue weighted by molar-refractivity contribution is 5.97. The summed E-state index contributed by atoms with van der Waals surface area (Å²) < 4.78 is 5.63. The third kappa shape index (κ3) is 4.82. The minimum atomic E-state index is -0.483. The third-order valence-corrected chi connectivity index (χ3v) is 5.55. The number of rotatable bonds is 5. The highest BCUT2D eigenvalue weighted by atomic mass is 16.5. The van der Waals surface area contributed by atoms with E-state index in [1.54, 1.807) is 24.3 Å². The van der Waals surface area contributed by atoms with E-state index >= 15 is 0 Å². The minimum absolute atomic E-state index is 0.00942. The molecule has 0 bridgehead atoms. The zero-order valence-corrected chi connectivity index (χ0v) is 16.6. The summed E-state index contributed by atoms with van der Waals surface area (Å²) in [4.78, 5) is 38.5. The predicted octanol–water partition coefficient (Wildman–Crippen LogP) is 1.86. The van der Waals surface area contributed by atoms with Crippen molar-refractivity contribution in [1.29, 1.82) is 0 Å². The second kappa shape index (κ2) is 9.08. The van der Waals surface area contributed by atoms with Gasteiger partial charge in [-0.3, -0.25) is 14.4 Å². The summed E-state index contributed by atoms with van der Waals surface area (Å²) in [6, 6.07) is 6.62. The van der Waals surface area contributed by atoms with Crippen molar-refractivity contribution in [1.82, 2.24) is 15.5 Å². The first-order valence-corrected chi connectivity index (χ1v) is 10.1. The van der Waals surface area contributed by atoms with Gasteiger partial charge in [0.15, 0.2) is 6.61 Å². The van der Waals surface area contributed by atoms with Gasteiger partial charge in [0.2, 0.25) is 5.91 Å². The number of carbonyl (C=O) groups is 3. The van der Waals surface area contributed by atoms with Gasteiger partial charge in [0, 0.05) is 24.2 Å². The van der Waals surface area contributed by atoms with Gasteiger partial charge in [-0.1, -0.05) is 0 Å². The van der Waals surface area contributed by atoms with E-state index in [-0.39, 0.29) is 36.4 Å². The van der Waals surface area contributed by atoms with Crippen LogP contribution >= 0.6 is 0 Å². The van der Waals surface area contributed by atoms with Crippen molar-refractivity contribution in [3.63, 3.8) is 0 Å². The molecule has 7 nitrogen and oxygen atoms in total. The Labute approximate surface area is 165 Å². The number of benzene rings is 1. The Bertz CT molecular complexity index is 709. The van der Waals surface area contributed by atoms with Crippen LogP contribution in [0.3, 0.4) is 0 Å². The molecule has 0 spiro atoms. The van der Waals surface area contributed by atoms with Gasteiger partial charge in [0.25, 0.3) is 11.8 Å². The highest BCUT2D eigenvalue weighted by Gasteiger charge is 2.29. The van der Waals surface area contributed by atoms with Crippen molar-refractivity contribution in [2.75, 3.05) is 13.2 Å². The molecule has 2 N–H and O–H groups in total. The number of likely N-dealkylation sites (tertiary alicyclic amines) is 1. The van der Waals surface area contributed by atoms with Crippen LogP contribution < -0.4 is 15.4 Å². The molecular formula is C21H29N3O4. The van der Waals surface area contributed by atoms with E-state index in [2.05, 4.69) is 24.5 Å². The van der Waals surface area contributed by atoms with Gasteiger partial charge in [-0.05, 0) is 70.2 Å². The second-order valence-corrected chi connectivity index (χ2v) is 7.70. The standard InChI is InChI=1S/C21H29N3O4/c1-14-5-3-6-15(2)24(14)19(25)13-28-17-10-8-16(9-11-17)20(26)23-18-7-4-12-22-21(18)27/h8-11,14-15,18H,3-7,12-13H2,1-2H3,(H,22,27)(H,23,26). The third-order valence-electron chi connectivity index (χ3n) is 5.55. The van der Waals surface area contributed by atoms with Crippen molar-refractivity contribution in [2.24, 2.45) is 0 Å². The van der Waals surface area contributed by atoms with Crippen LogP contribution in [0.1, 0.15) is 56.3 Å². The van der Waals surface area contributed by atoms with Crippen molar-refractivity contribution >= 4 is 17.7 Å². The average Bonchev–Trinajstić information content (AvgIpc) is 2.68. The summed E-state index contributed by atoms with van der Waals surface area (Å²) in [6.07, 6.45) is 4.71. The molecule has 2 fully saturated rings. The van der Waals surface area contributed by atoms with Crippen molar-refractivity contribution in [3.05, 3.63) is 29.8 Å². The molecule has 3 amide bonds. The fourth-order valence-electron chi connectivity index (χ4n) is 3.99. The fraction of sp³-hybridized carbons (Fsp3) is 0.571. The number of ether oxygens (including phenoxy) is 1. The second-order valence-electron chi connectivity index (χ2n) is 7.70. The number of nitrogens with zero attached hydrogens (tertiary/aromatic N) is 1. The molecule has 3 atom stereocenters. The van der Waals surface area contributed by atoms with E-state index in [4.69, 9.17) is 4.74 Å². The van der Waals surface area contributed by atoms with Crippen LogP contribution in [-0.2, 0) is 9.59 Å². The SMILES string of the molecule is CC1CCCC(C)N1C(=O)COc1ccc(C(=O)NC2CCCNC2=O)cc1. The van der Waals surface area contributed by atoms with Crippen LogP contribution in [0.4, 0.5) is 0 Å². The first-order chi connectivity index (χ1) is 13.5. The monoisotopic (exact) mass is 387 g/mol. The number of nitrogens with one attached hydrogen (secondary N) is 2. The fourth-order valence-corrected chi connectivity index (χ4v) is 3.99.